The first kappa shape index (κ1) is 27.2. The Morgan fingerprint density at radius 2 is 1.39 bits per heavy atom. The summed E-state index contributed by atoms with van der Waals surface area (Å²) in [6, 6.07) is 22.1. The molecule has 200 valence electrons. The van der Waals surface area contributed by atoms with Crippen molar-refractivity contribution in [1.29, 1.82) is 0 Å². The standard InChI is InChI=1S/C32H40N4O2/c1-22(2)28-10-7-11-29(23(3)4)31(28)34-32(38)33-26-12-14-27(15-13-26)35-16-18-36(19-17-35)30(37)21-25-9-6-8-24(5)20-25/h6-15,20,22-23H,16-19,21H2,1-5H3,(H2,33,34,38). The molecule has 0 radical (unpaired) electrons. The van der Waals surface area contributed by atoms with E-state index in [2.05, 4.69) is 80.5 Å². The smallest absolute Gasteiger partial charge is 0.323 e. The topological polar surface area (TPSA) is 64.7 Å². The summed E-state index contributed by atoms with van der Waals surface area (Å²) in [5.74, 6) is 0.795. The third-order valence-electron chi connectivity index (χ3n) is 7.17. The fraction of sp³-hybridized carbons (Fsp3) is 0.375. The third kappa shape index (κ3) is 6.74. The molecule has 2 N–H and O–H groups in total. The number of carbonyl (C=O) groups is 2. The van der Waals surface area contributed by atoms with E-state index in [1.54, 1.807) is 0 Å². The molecule has 4 rings (SSSR count). The van der Waals surface area contributed by atoms with E-state index in [9.17, 15) is 9.59 Å². The van der Waals surface area contributed by atoms with Crippen LogP contribution < -0.4 is 15.5 Å². The second kappa shape index (κ2) is 12.2. The normalized spacial score (nSPS) is 13.7. The minimum atomic E-state index is -0.242. The van der Waals surface area contributed by atoms with Gasteiger partial charge in [0.15, 0.2) is 0 Å². The molecule has 3 aromatic rings. The molecule has 6 heteroatoms. The summed E-state index contributed by atoms with van der Waals surface area (Å²) in [5.41, 5.74) is 7.26. The van der Waals surface area contributed by atoms with E-state index in [1.165, 1.54) is 5.56 Å². The minimum absolute atomic E-state index is 0.181. The number of aryl methyl sites for hydroxylation is 1. The molecule has 0 bridgehead atoms. The molecule has 1 saturated heterocycles. The average Bonchev–Trinajstić information content (AvgIpc) is 2.89. The van der Waals surface area contributed by atoms with Gasteiger partial charge in [-0.3, -0.25) is 4.79 Å². The first-order valence-electron chi connectivity index (χ1n) is 13.6. The summed E-state index contributed by atoms with van der Waals surface area (Å²) in [5, 5.41) is 6.09. The second-order valence-corrected chi connectivity index (χ2v) is 10.8. The number of urea groups is 1. The quantitative estimate of drug-likeness (QED) is 0.367. The van der Waals surface area contributed by atoms with Crippen LogP contribution in [-0.2, 0) is 11.2 Å². The van der Waals surface area contributed by atoms with Crippen molar-refractivity contribution >= 4 is 29.0 Å². The van der Waals surface area contributed by atoms with Gasteiger partial charge in [0.2, 0.25) is 5.91 Å². The van der Waals surface area contributed by atoms with Crippen LogP contribution in [0.1, 0.15) is 61.8 Å². The van der Waals surface area contributed by atoms with Gasteiger partial charge in [-0.05, 0) is 59.7 Å². The van der Waals surface area contributed by atoms with E-state index in [-0.39, 0.29) is 11.9 Å². The molecule has 1 aliphatic heterocycles. The number of benzene rings is 3. The number of carbonyl (C=O) groups excluding carboxylic acids is 2. The fourth-order valence-electron chi connectivity index (χ4n) is 5.05. The molecule has 0 atom stereocenters. The number of hydrogen-bond donors (Lipinski definition) is 2. The number of nitrogens with one attached hydrogen (secondary N) is 2. The predicted octanol–water partition coefficient (Wildman–Crippen LogP) is 6.78. The van der Waals surface area contributed by atoms with Crippen molar-refractivity contribution in [3.8, 4) is 0 Å². The zero-order chi connectivity index (χ0) is 27.2. The highest BCUT2D eigenvalue weighted by molar-refractivity contribution is 6.01. The van der Waals surface area contributed by atoms with Crippen LogP contribution in [0.25, 0.3) is 0 Å². The summed E-state index contributed by atoms with van der Waals surface area (Å²) in [6.07, 6.45) is 0.449. The minimum Gasteiger partial charge on any atom is -0.368 e. The number of para-hydroxylation sites is 1. The first-order chi connectivity index (χ1) is 18.2. The maximum Gasteiger partial charge on any atom is 0.323 e. The molecular formula is C32H40N4O2. The van der Waals surface area contributed by atoms with Crippen molar-refractivity contribution in [2.75, 3.05) is 41.7 Å². The van der Waals surface area contributed by atoms with Crippen molar-refractivity contribution in [3.05, 3.63) is 89.0 Å². The van der Waals surface area contributed by atoms with Crippen molar-refractivity contribution < 1.29 is 9.59 Å². The highest BCUT2D eigenvalue weighted by Crippen LogP contribution is 2.32. The monoisotopic (exact) mass is 512 g/mol. The largest absolute Gasteiger partial charge is 0.368 e. The van der Waals surface area contributed by atoms with Crippen LogP contribution in [0.15, 0.2) is 66.7 Å². The average molecular weight is 513 g/mol. The van der Waals surface area contributed by atoms with Gasteiger partial charge in [-0.2, -0.15) is 0 Å². The maximum atomic E-state index is 12.9. The van der Waals surface area contributed by atoms with Gasteiger partial charge in [0.25, 0.3) is 0 Å². The molecule has 1 heterocycles. The van der Waals surface area contributed by atoms with E-state index >= 15 is 0 Å². The van der Waals surface area contributed by atoms with Gasteiger partial charge in [-0.1, -0.05) is 75.7 Å². The molecule has 3 aromatic carbocycles. The van der Waals surface area contributed by atoms with Crippen LogP contribution in [-0.4, -0.2) is 43.0 Å². The summed E-state index contributed by atoms with van der Waals surface area (Å²) >= 11 is 0. The van der Waals surface area contributed by atoms with Gasteiger partial charge in [-0.25, -0.2) is 4.79 Å². The Labute approximate surface area is 227 Å². The number of hydrogen-bond acceptors (Lipinski definition) is 3. The second-order valence-electron chi connectivity index (χ2n) is 10.8. The van der Waals surface area contributed by atoms with Crippen LogP contribution in [0.4, 0.5) is 21.9 Å². The number of piperazine rings is 1. The molecule has 0 aromatic heterocycles. The van der Waals surface area contributed by atoms with Crippen molar-refractivity contribution in [1.82, 2.24) is 4.90 Å². The number of nitrogens with zero attached hydrogens (tertiary/aromatic N) is 2. The molecule has 0 unspecified atom stereocenters. The maximum absolute atomic E-state index is 12.9. The lowest BCUT2D eigenvalue weighted by Gasteiger charge is -2.36. The van der Waals surface area contributed by atoms with Gasteiger partial charge in [0, 0.05) is 43.2 Å². The fourth-order valence-corrected chi connectivity index (χ4v) is 5.05. The van der Waals surface area contributed by atoms with Crippen LogP contribution >= 0.6 is 0 Å². The van der Waals surface area contributed by atoms with Crippen molar-refractivity contribution in [3.63, 3.8) is 0 Å². The first-order valence-corrected chi connectivity index (χ1v) is 13.6. The Hall–Kier alpha value is -3.80. The van der Waals surface area contributed by atoms with Crippen LogP contribution in [0.2, 0.25) is 0 Å². The van der Waals surface area contributed by atoms with E-state index in [4.69, 9.17) is 0 Å². The molecule has 0 saturated carbocycles. The van der Waals surface area contributed by atoms with Crippen LogP contribution in [0, 0.1) is 6.92 Å². The summed E-state index contributed by atoms with van der Waals surface area (Å²) in [6.45, 7) is 13.6. The molecule has 3 amide bonds. The SMILES string of the molecule is Cc1cccc(CC(=O)N2CCN(c3ccc(NC(=O)Nc4c(C(C)C)cccc4C(C)C)cc3)CC2)c1. The molecule has 6 nitrogen and oxygen atoms in total. The van der Waals surface area contributed by atoms with Crippen LogP contribution in [0.3, 0.4) is 0 Å². The summed E-state index contributed by atoms with van der Waals surface area (Å²) in [4.78, 5) is 29.9. The lowest BCUT2D eigenvalue weighted by atomic mass is 9.93. The zero-order valence-electron chi connectivity index (χ0n) is 23.3. The van der Waals surface area contributed by atoms with Gasteiger partial charge in [0.1, 0.15) is 0 Å². The lowest BCUT2D eigenvalue weighted by Crippen LogP contribution is -2.49. The molecule has 1 fully saturated rings. The van der Waals surface area contributed by atoms with E-state index < -0.39 is 0 Å². The number of amides is 3. The van der Waals surface area contributed by atoms with Gasteiger partial charge in [0.05, 0.1) is 6.42 Å². The summed E-state index contributed by atoms with van der Waals surface area (Å²) in [7, 11) is 0. The zero-order valence-corrected chi connectivity index (χ0v) is 23.3. The predicted molar refractivity (Wildman–Crippen MR) is 157 cm³/mol. The Balaban J connectivity index is 1.32. The Kier molecular flexibility index (Phi) is 8.72. The van der Waals surface area contributed by atoms with Gasteiger partial charge >= 0.3 is 6.03 Å². The lowest BCUT2D eigenvalue weighted by molar-refractivity contribution is -0.130. The van der Waals surface area contributed by atoms with E-state index in [0.717, 1.165) is 46.8 Å². The van der Waals surface area contributed by atoms with E-state index in [0.29, 0.717) is 31.3 Å². The molecule has 0 spiro atoms. The molecule has 1 aliphatic rings. The third-order valence-corrected chi connectivity index (χ3v) is 7.17. The van der Waals surface area contributed by atoms with Gasteiger partial charge < -0.3 is 20.4 Å². The molecule has 0 aliphatic carbocycles. The Morgan fingerprint density at radius 1 is 0.789 bits per heavy atom. The number of rotatable bonds is 7. The Bertz CT molecular complexity index is 1230. The van der Waals surface area contributed by atoms with E-state index in [1.807, 2.05) is 41.3 Å². The van der Waals surface area contributed by atoms with Crippen molar-refractivity contribution in [2.24, 2.45) is 0 Å². The highest BCUT2D eigenvalue weighted by Gasteiger charge is 2.22. The molecule has 38 heavy (non-hydrogen) atoms. The van der Waals surface area contributed by atoms with Crippen LogP contribution in [0.5, 0.6) is 0 Å². The van der Waals surface area contributed by atoms with Crippen molar-refractivity contribution in [2.45, 2.75) is 52.9 Å². The molecular weight excluding hydrogens is 472 g/mol. The Morgan fingerprint density at radius 3 is 1.97 bits per heavy atom. The highest BCUT2D eigenvalue weighted by atomic mass is 16.2. The van der Waals surface area contributed by atoms with Gasteiger partial charge in [-0.15, -0.1) is 0 Å². The summed E-state index contributed by atoms with van der Waals surface area (Å²) < 4.78 is 0. The number of anilines is 3.